The van der Waals surface area contributed by atoms with Crippen molar-refractivity contribution in [3.8, 4) is 0 Å². The van der Waals surface area contributed by atoms with Gasteiger partial charge >= 0.3 is 0 Å². The minimum Gasteiger partial charge on any atom is -0.0654 e. The maximum Gasteiger partial charge on any atom is -0.0354 e. The summed E-state index contributed by atoms with van der Waals surface area (Å²) in [6.07, 6.45) is 27.3. The van der Waals surface area contributed by atoms with Crippen molar-refractivity contribution in [2.45, 2.75) is 177 Å². The highest BCUT2D eigenvalue weighted by Crippen LogP contribution is 2.36. The van der Waals surface area contributed by atoms with Crippen molar-refractivity contribution in [2.75, 3.05) is 0 Å². The fourth-order valence-corrected chi connectivity index (χ4v) is 4.84. The van der Waals surface area contributed by atoms with E-state index in [-0.39, 0.29) is 0 Å². The van der Waals surface area contributed by atoms with Gasteiger partial charge in [0.25, 0.3) is 0 Å². The molecule has 0 rings (SSSR count). The molecule has 0 aliphatic rings. The molecule has 0 saturated heterocycles. The van der Waals surface area contributed by atoms with Crippen LogP contribution in [-0.2, 0) is 0 Å². The van der Waals surface area contributed by atoms with Gasteiger partial charge in [0, 0.05) is 0 Å². The van der Waals surface area contributed by atoms with E-state index in [4.69, 9.17) is 0 Å². The van der Waals surface area contributed by atoms with E-state index in [9.17, 15) is 0 Å². The van der Waals surface area contributed by atoms with Crippen molar-refractivity contribution in [3.63, 3.8) is 0 Å². The molecule has 0 heteroatoms. The lowest BCUT2D eigenvalue weighted by molar-refractivity contribution is 0.226. The summed E-state index contributed by atoms with van der Waals surface area (Å²) in [5.74, 6) is 0. The molecule has 0 saturated carbocycles. The number of hydrogen-bond donors (Lipinski definition) is 0. The lowest BCUT2D eigenvalue weighted by atomic mass is 9.76. The van der Waals surface area contributed by atoms with E-state index in [2.05, 4.69) is 55.4 Å². The van der Waals surface area contributed by atoms with Crippen LogP contribution in [0.25, 0.3) is 0 Å². The number of unbranched alkanes of at least 4 members (excludes halogenated alkanes) is 11. The molecule has 0 bridgehead atoms. The lowest BCUT2D eigenvalue weighted by Crippen LogP contribution is -2.16. The van der Waals surface area contributed by atoms with Crippen molar-refractivity contribution < 1.29 is 0 Å². The first-order valence-electron chi connectivity index (χ1n) is 14.0. The van der Waals surface area contributed by atoms with E-state index in [1.807, 2.05) is 0 Å². The van der Waals surface area contributed by atoms with E-state index >= 15 is 0 Å². The molecule has 0 nitrogen and oxygen atoms in total. The monoisotopic (exact) mass is 422 g/mol. The highest BCUT2D eigenvalue weighted by molar-refractivity contribution is 4.74. The Hall–Kier alpha value is 0. The Balaban J connectivity index is 3.64. The molecule has 0 radical (unpaired) electrons. The van der Waals surface area contributed by atoms with Crippen LogP contribution in [0.3, 0.4) is 0 Å². The maximum atomic E-state index is 2.51. The van der Waals surface area contributed by atoms with Gasteiger partial charge in [-0.15, -0.1) is 0 Å². The minimum atomic E-state index is 0.492. The zero-order valence-electron chi connectivity index (χ0n) is 22.9. The topological polar surface area (TPSA) is 0 Å². The lowest BCUT2D eigenvalue weighted by Gasteiger charge is -2.30. The molecule has 0 aromatic heterocycles. The van der Waals surface area contributed by atoms with Gasteiger partial charge in [-0.25, -0.2) is 0 Å². The van der Waals surface area contributed by atoms with Crippen LogP contribution in [0.1, 0.15) is 177 Å². The van der Waals surface area contributed by atoms with Gasteiger partial charge in [-0.1, -0.05) is 145 Å². The van der Waals surface area contributed by atoms with Gasteiger partial charge < -0.3 is 0 Å². The van der Waals surface area contributed by atoms with E-state index in [0.717, 1.165) is 0 Å². The van der Waals surface area contributed by atoms with E-state index in [1.54, 1.807) is 0 Å². The molecule has 0 atom stereocenters. The van der Waals surface area contributed by atoms with Gasteiger partial charge in [0.2, 0.25) is 0 Å². The highest BCUT2D eigenvalue weighted by Gasteiger charge is 2.22. The summed E-state index contributed by atoms with van der Waals surface area (Å²) < 4.78 is 0. The van der Waals surface area contributed by atoms with Gasteiger partial charge in [-0.05, 0) is 48.3 Å². The standard InChI is InChI=1S/C30H62/c1-9-10-11-12-13-14-15-16-17-18-19-20-24-29(5,6)26-22-27-30(7,8)25-21-23-28(2,3)4/h9-27H2,1-8H3. The van der Waals surface area contributed by atoms with Crippen LogP contribution in [0, 0.1) is 16.2 Å². The van der Waals surface area contributed by atoms with Gasteiger partial charge in [0.1, 0.15) is 0 Å². The molecule has 0 heterocycles. The third-order valence-electron chi connectivity index (χ3n) is 7.19. The molecule has 0 aliphatic carbocycles. The first-order valence-corrected chi connectivity index (χ1v) is 14.0. The van der Waals surface area contributed by atoms with Crippen molar-refractivity contribution in [1.29, 1.82) is 0 Å². The fourth-order valence-electron chi connectivity index (χ4n) is 4.84. The Morgan fingerprint density at radius 3 is 1.00 bits per heavy atom. The largest absolute Gasteiger partial charge is 0.0654 e. The smallest absolute Gasteiger partial charge is 0.0354 e. The number of rotatable bonds is 20. The van der Waals surface area contributed by atoms with Gasteiger partial charge in [-0.3, -0.25) is 0 Å². The SMILES string of the molecule is CCCCCCCCCCCCCCC(C)(C)CCCC(C)(C)CCCC(C)(C)C. The summed E-state index contributed by atoms with van der Waals surface area (Å²) in [5, 5.41) is 0. The maximum absolute atomic E-state index is 2.51. The molecule has 0 unspecified atom stereocenters. The molecule has 0 N–H and O–H groups in total. The summed E-state index contributed by atoms with van der Waals surface area (Å²) in [4.78, 5) is 0. The first-order chi connectivity index (χ1) is 14.0. The van der Waals surface area contributed by atoms with Crippen LogP contribution >= 0.6 is 0 Å². The number of hydrogen-bond acceptors (Lipinski definition) is 0. The predicted molar refractivity (Wildman–Crippen MR) is 140 cm³/mol. The van der Waals surface area contributed by atoms with Crippen LogP contribution in [0.4, 0.5) is 0 Å². The zero-order valence-corrected chi connectivity index (χ0v) is 22.9. The summed E-state index contributed by atoms with van der Waals surface area (Å²) in [5.41, 5.74) is 1.56. The Morgan fingerprint density at radius 1 is 0.333 bits per heavy atom. The van der Waals surface area contributed by atoms with Crippen molar-refractivity contribution in [2.24, 2.45) is 16.2 Å². The molecular weight excluding hydrogens is 360 g/mol. The average Bonchev–Trinajstić information content (AvgIpc) is 2.61. The first kappa shape index (κ1) is 30.0. The fraction of sp³-hybridized carbons (Fsp3) is 1.00. The highest BCUT2D eigenvalue weighted by atomic mass is 14.3. The zero-order chi connectivity index (χ0) is 22.9. The van der Waals surface area contributed by atoms with Crippen LogP contribution in [0.15, 0.2) is 0 Å². The predicted octanol–water partition coefficient (Wildman–Crippen LogP) is 11.5. The summed E-state index contributed by atoms with van der Waals surface area (Å²) >= 11 is 0. The molecule has 0 aromatic rings. The van der Waals surface area contributed by atoms with E-state index < -0.39 is 0 Å². The third kappa shape index (κ3) is 21.2. The van der Waals surface area contributed by atoms with Gasteiger partial charge in [0.05, 0.1) is 0 Å². The molecule has 30 heavy (non-hydrogen) atoms. The normalized spacial score (nSPS) is 13.2. The van der Waals surface area contributed by atoms with Gasteiger partial charge in [-0.2, -0.15) is 0 Å². The van der Waals surface area contributed by atoms with Crippen LogP contribution in [0.5, 0.6) is 0 Å². The molecule has 0 fully saturated rings. The quantitative estimate of drug-likeness (QED) is 0.171. The summed E-state index contributed by atoms with van der Waals surface area (Å²) in [6, 6.07) is 0. The van der Waals surface area contributed by atoms with E-state index in [0.29, 0.717) is 16.2 Å². The van der Waals surface area contributed by atoms with Crippen LogP contribution in [-0.4, -0.2) is 0 Å². The molecule has 0 aromatic carbocycles. The molecule has 0 amide bonds. The second-order valence-electron chi connectivity index (χ2n) is 13.2. The second-order valence-corrected chi connectivity index (χ2v) is 13.2. The van der Waals surface area contributed by atoms with Crippen LogP contribution < -0.4 is 0 Å². The van der Waals surface area contributed by atoms with Crippen molar-refractivity contribution in [3.05, 3.63) is 0 Å². The molecule has 0 spiro atoms. The Morgan fingerprint density at radius 2 is 0.633 bits per heavy atom. The average molecular weight is 423 g/mol. The summed E-state index contributed by atoms with van der Waals surface area (Å²) in [6.45, 7) is 19.4. The Bertz CT molecular complexity index is 368. The summed E-state index contributed by atoms with van der Waals surface area (Å²) in [7, 11) is 0. The Kier molecular flexibility index (Phi) is 16.6. The molecule has 182 valence electrons. The van der Waals surface area contributed by atoms with Crippen molar-refractivity contribution in [1.82, 2.24) is 0 Å². The minimum absolute atomic E-state index is 0.492. The second kappa shape index (κ2) is 16.6. The molecule has 0 aliphatic heterocycles. The van der Waals surface area contributed by atoms with Crippen LogP contribution in [0.2, 0.25) is 0 Å². The van der Waals surface area contributed by atoms with Gasteiger partial charge in [0.15, 0.2) is 0 Å². The Labute approximate surface area is 193 Å². The van der Waals surface area contributed by atoms with E-state index in [1.165, 1.54) is 122 Å². The molecular formula is C30H62. The van der Waals surface area contributed by atoms with Crippen molar-refractivity contribution >= 4 is 0 Å². The third-order valence-corrected chi connectivity index (χ3v) is 7.19.